The zero-order valence-electron chi connectivity index (χ0n) is 14.1. The molecule has 1 aromatic carbocycles. The number of hydrogen-bond donors (Lipinski definition) is 4. The van der Waals surface area contributed by atoms with Gasteiger partial charge in [0.2, 0.25) is 0 Å². The van der Waals surface area contributed by atoms with Crippen LogP contribution in [0, 0.1) is 11.3 Å². The van der Waals surface area contributed by atoms with Gasteiger partial charge in [-0.1, -0.05) is 39.8 Å². The maximum absolute atomic E-state index is 11.8. The van der Waals surface area contributed by atoms with Crippen LogP contribution in [0.4, 0.5) is 4.79 Å². The van der Waals surface area contributed by atoms with Gasteiger partial charge in [-0.25, -0.2) is 9.59 Å². The standard InChI is InChI=1S/C17H26N2O4/c1-11(2)14(20)17(3,4)10-19-16(23)18-9-12-5-7-13(8-6-12)15(21)22/h5-8,11,14,20H,9-10H2,1-4H3,(H,21,22)(H2,18,19,23). The van der Waals surface area contributed by atoms with Gasteiger partial charge in [0.1, 0.15) is 0 Å². The lowest BCUT2D eigenvalue weighted by Gasteiger charge is -2.33. The van der Waals surface area contributed by atoms with Crippen molar-refractivity contribution in [1.82, 2.24) is 10.6 Å². The largest absolute Gasteiger partial charge is 0.478 e. The molecule has 0 aliphatic carbocycles. The predicted molar refractivity (Wildman–Crippen MR) is 88.3 cm³/mol. The maximum Gasteiger partial charge on any atom is 0.335 e. The molecule has 23 heavy (non-hydrogen) atoms. The van der Waals surface area contributed by atoms with Gasteiger partial charge in [0.15, 0.2) is 0 Å². The van der Waals surface area contributed by atoms with Crippen molar-refractivity contribution in [3.63, 3.8) is 0 Å². The lowest BCUT2D eigenvalue weighted by atomic mass is 9.81. The first-order valence-corrected chi connectivity index (χ1v) is 7.65. The molecule has 0 spiro atoms. The van der Waals surface area contributed by atoms with Crippen molar-refractivity contribution in [1.29, 1.82) is 0 Å². The Labute approximate surface area is 136 Å². The molecule has 0 aliphatic heterocycles. The Morgan fingerprint density at radius 2 is 1.70 bits per heavy atom. The van der Waals surface area contributed by atoms with Gasteiger partial charge in [0.05, 0.1) is 11.7 Å². The number of carbonyl (C=O) groups is 2. The van der Waals surface area contributed by atoms with Gasteiger partial charge in [-0.15, -0.1) is 0 Å². The molecule has 0 heterocycles. The van der Waals surface area contributed by atoms with Crippen LogP contribution in [-0.4, -0.2) is 34.9 Å². The fourth-order valence-corrected chi connectivity index (χ4v) is 2.33. The van der Waals surface area contributed by atoms with Crippen molar-refractivity contribution in [3.05, 3.63) is 35.4 Å². The van der Waals surface area contributed by atoms with E-state index >= 15 is 0 Å². The van der Waals surface area contributed by atoms with Crippen molar-refractivity contribution >= 4 is 12.0 Å². The summed E-state index contributed by atoms with van der Waals surface area (Å²) < 4.78 is 0. The quantitative estimate of drug-likeness (QED) is 0.618. The van der Waals surface area contributed by atoms with E-state index in [1.165, 1.54) is 12.1 Å². The highest BCUT2D eigenvalue weighted by molar-refractivity contribution is 5.87. The van der Waals surface area contributed by atoms with E-state index in [9.17, 15) is 14.7 Å². The summed E-state index contributed by atoms with van der Waals surface area (Å²) in [6, 6.07) is 6.00. The normalized spacial score (nSPS) is 12.8. The zero-order valence-corrected chi connectivity index (χ0v) is 14.1. The van der Waals surface area contributed by atoms with Gasteiger partial charge in [-0.2, -0.15) is 0 Å². The number of benzene rings is 1. The summed E-state index contributed by atoms with van der Waals surface area (Å²) in [6.45, 7) is 8.35. The number of carboxylic acid groups (broad SMARTS) is 1. The molecule has 1 aromatic rings. The highest BCUT2D eigenvalue weighted by atomic mass is 16.4. The Morgan fingerprint density at radius 3 is 2.17 bits per heavy atom. The van der Waals surface area contributed by atoms with Crippen molar-refractivity contribution in [2.75, 3.05) is 6.54 Å². The molecule has 6 heteroatoms. The van der Waals surface area contributed by atoms with Crippen molar-refractivity contribution in [2.45, 2.75) is 40.3 Å². The van der Waals surface area contributed by atoms with Crippen LogP contribution in [0.2, 0.25) is 0 Å². The molecule has 128 valence electrons. The van der Waals surface area contributed by atoms with Crippen LogP contribution in [0.5, 0.6) is 0 Å². The molecule has 6 nitrogen and oxygen atoms in total. The van der Waals surface area contributed by atoms with Crippen LogP contribution < -0.4 is 10.6 Å². The van der Waals surface area contributed by atoms with Gasteiger partial charge in [0.25, 0.3) is 0 Å². The lowest BCUT2D eigenvalue weighted by molar-refractivity contribution is 0.0151. The summed E-state index contributed by atoms with van der Waals surface area (Å²) >= 11 is 0. The molecule has 1 rings (SSSR count). The second kappa shape index (κ2) is 7.97. The monoisotopic (exact) mass is 322 g/mol. The number of nitrogens with one attached hydrogen (secondary N) is 2. The summed E-state index contributed by atoms with van der Waals surface area (Å²) in [5.41, 5.74) is 0.600. The van der Waals surface area contributed by atoms with Crippen molar-refractivity contribution < 1.29 is 19.8 Å². The van der Waals surface area contributed by atoms with Gasteiger partial charge in [-0.3, -0.25) is 0 Å². The third-order valence-corrected chi connectivity index (χ3v) is 3.79. The first kappa shape index (κ1) is 19.0. The first-order chi connectivity index (χ1) is 10.6. The smallest absolute Gasteiger partial charge is 0.335 e. The molecule has 0 bridgehead atoms. The van der Waals surface area contributed by atoms with Crippen molar-refractivity contribution in [2.24, 2.45) is 11.3 Å². The van der Waals surface area contributed by atoms with Crippen LogP contribution >= 0.6 is 0 Å². The minimum Gasteiger partial charge on any atom is -0.478 e. The molecule has 0 radical (unpaired) electrons. The molecule has 0 aliphatic rings. The minimum absolute atomic E-state index is 0.114. The average Bonchev–Trinajstić information content (AvgIpc) is 2.50. The Kier molecular flexibility index (Phi) is 6.57. The Balaban J connectivity index is 2.44. The molecule has 0 saturated heterocycles. The average molecular weight is 322 g/mol. The molecular formula is C17H26N2O4. The summed E-state index contributed by atoms with van der Waals surface area (Å²) in [4.78, 5) is 22.6. The fourth-order valence-electron chi connectivity index (χ4n) is 2.33. The third-order valence-electron chi connectivity index (χ3n) is 3.79. The SMILES string of the molecule is CC(C)C(O)C(C)(C)CNC(=O)NCc1ccc(C(=O)O)cc1. The van der Waals surface area contributed by atoms with E-state index in [0.29, 0.717) is 13.1 Å². The zero-order chi connectivity index (χ0) is 17.6. The first-order valence-electron chi connectivity index (χ1n) is 7.65. The Bertz CT molecular complexity index is 538. The van der Waals surface area contributed by atoms with E-state index in [-0.39, 0.29) is 17.5 Å². The number of aromatic carboxylic acids is 1. The molecule has 4 N–H and O–H groups in total. The third kappa shape index (κ3) is 5.90. The highest BCUT2D eigenvalue weighted by Gasteiger charge is 2.30. The van der Waals surface area contributed by atoms with Gasteiger partial charge in [0, 0.05) is 18.5 Å². The fraction of sp³-hybridized carbons (Fsp3) is 0.529. The molecule has 1 unspecified atom stereocenters. The molecule has 1 atom stereocenters. The predicted octanol–water partition coefficient (Wildman–Crippen LogP) is 2.23. The van der Waals surface area contributed by atoms with Crippen molar-refractivity contribution in [3.8, 4) is 0 Å². The van der Waals surface area contributed by atoms with Gasteiger partial charge >= 0.3 is 12.0 Å². The van der Waals surface area contributed by atoms with Crippen LogP contribution in [0.3, 0.4) is 0 Å². The minimum atomic E-state index is -0.979. The second-order valence-corrected chi connectivity index (χ2v) is 6.72. The summed E-state index contributed by atoms with van der Waals surface area (Å²) in [6.07, 6.45) is -0.508. The molecule has 2 amide bonds. The number of rotatable bonds is 7. The summed E-state index contributed by atoms with van der Waals surface area (Å²) in [5.74, 6) is -0.865. The highest BCUT2D eigenvalue weighted by Crippen LogP contribution is 2.24. The van der Waals surface area contributed by atoms with E-state index in [1.807, 2.05) is 27.7 Å². The number of amides is 2. The van der Waals surface area contributed by atoms with Crippen LogP contribution in [-0.2, 0) is 6.54 Å². The number of carboxylic acids is 1. The summed E-state index contributed by atoms with van der Waals surface area (Å²) in [7, 11) is 0. The van der Waals surface area contributed by atoms with E-state index in [1.54, 1.807) is 12.1 Å². The number of hydrogen-bond acceptors (Lipinski definition) is 3. The number of carbonyl (C=O) groups excluding carboxylic acids is 1. The Morgan fingerprint density at radius 1 is 1.13 bits per heavy atom. The number of urea groups is 1. The number of aliphatic hydroxyl groups is 1. The molecule has 0 aromatic heterocycles. The molecular weight excluding hydrogens is 296 g/mol. The summed E-state index contributed by atoms with van der Waals surface area (Å²) in [5, 5.41) is 24.4. The van der Waals surface area contributed by atoms with E-state index < -0.39 is 17.5 Å². The topological polar surface area (TPSA) is 98.7 Å². The Hall–Kier alpha value is -2.08. The second-order valence-electron chi connectivity index (χ2n) is 6.72. The van der Waals surface area contributed by atoms with Gasteiger partial charge < -0.3 is 20.8 Å². The van der Waals surface area contributed by atoms with Crippen LogP contribution in [0.25, 0.3) is 0 Å². The molecule has 0 fully saturated rings. The number of aliphatic hydroxyl groups excluding tert-OH is 1. The van der Waals surface area contributed by atoms with E-state index in [0.717, 1.165) is 5.56 Å². The molecule has 0 saturated carbocycles. The van der Waals surface area contributed by atoms with E-state index in [4.69, 9.17) is 5.11 Å². The van der Waals surface area contributed by atoms with Gasteiger partial charge in [-0.05, 0) is 23.6 Å². The van der Waals surface area contributed by atoms with Crippen LogP contribution in [0.1, 0.15) is 43.6 Å². The lowest BCUT2D eigenvalue weighted by Crippen LogP contribution is -2.46. The van der Waals surface area contributed by atoms with Crippen LogP contribution in [0.15, 0.2) is 24.3 Å². The van der Waals surface area contributed by atoms with E-state index in [2.05, 4.69) is 10.6 Å². The maximum atomic E-state index is 11.8.